The van der Waals surface area contributed by atoms with Crippen LogP contribution in [0.3, 0.4) is 0 Å². The van der Waals surface area contributed by atoms with E-state index in [-0.39, 0.29) is 17.8 Å². The van der Waals surface area contributed by atoms with Gasteiger partial charge in [-0.15, -0.1) is 0 Å². The van der Waals surface area contributed by atoms with E-state index in [0.717, 1.165) is 4.90 Å². The summed E-state index contributed by atoms with van der Waals surface area (Å²) in [6.07, 6.45) is 0. The molecule has 0 saturated carbocycles. The number of anilines is 1. The van der Waals surface area contributed by atoms with Gasteiger partial charge in [0.25, 0.3) is 5.91 Å². The highest BCUT2D eigenvalue weighted by molar-refractivity contribution is 5.94. The van der Waals surface area contributed by atoms with Gasteiger partial charge in [0.05, 0.1) is 18.3 Å². The van der Waals surface area contributed by atoms with E-state index in [0.29, 0.717) is 23.4 Å². The predicted octanol–water partition coefficient (Wildman–Crippen LogP) is 1.74. The maximum absolute atomic E-state index is 13.7. The molecule has 5 heteroatoms. The van der Waals surface area contributed by atoms with Crippen LogP contribution in [0.2, 0.25) is 0 Å². The van der Waals surface area contributed by atoms with Gasteiger partial charge in [-0.3, -0.25) is 4.79 Å². The normalized spacial score (nSPS) is 13.0. The van der Waals surface area contributed by atoms with Crippen LogP contribution in [-0.4, -0.2) is 19.0 Å². The second-order valence-corrected chi connectivity index (χ2v) is 5.48. The fourth-order valence-corrected chi connectivity index (χ4v) is 2.25. The maximum Gasteiger partial charge on any atom is 0.282 e. The van der Waals surface area contributed by atoms with Gasteiger partial charge in [-0.25, -0.2) is 4.39 Å². The summed E-state index contributed by atoms with van der Waals surface area (Å²) in [6, 6.07) is 15.0. The molecule has 23 heavy (non-hydrogen) atoms. The van der Waals surface area contributed by atoms with Crippen molar-refractivity contribution in [1.82, 2.24) is 0 Å². The minimum Gasteiger partial charge on any atom is -0.324 e. The number of carbonyl (C=O) groups excluding carboxylic acids is 1. The lowest BCUT2D eigenvalue weighted by atomic mass is 10.1. The molecule has 0 aromatic heterocycles. The average molecular weight is 312 g/mol. The van der Waals surface area contributed by atoms with Gasteiger partial charge in [0.1, 0.15) is 18.4 Å². The minimum absolute atomic E-state index is 0.207. The molecule has 0 bridgehead atoms. The monoisotopic (exact) mass is 312 g/mol. The van der Waals surface area contributed by atoms with Gasteiger partial charge in [-0.2, -0.15) is 5.26 Å². The maximum atomic E-state index is 13.7. The highest BCUT2D eigenvalue weighted by Gasteiger charge is 2.23. The van der Waals surface area contributed by atoms with Gasteiger partial charge in [0.2, 0.25) is 0 Å². The van der Waals surface area contributed by atoms with Gasteiger partial charge >= 0.3 is 0 Å². The van der Waals surface area contributed by atoms with Gasteiger partial charge in [0, 0.05) is 5.56 Å². The van der Waals surface area contributed by atoms with E-state index in [1.807, 2.05) is 13.1 Å². The first-order valence-corrected chi connectivity index (χ1v) is 7.38. The number of halogens is 1. The van der Waals surface area contributed by atoms with Crippen molar-refractivity contribution in [3.63, 3.8) is 0 Å². The van der Waals surface area contributed by atoms with Crippen LogP contribution in [-0.2, 0) is 11.3 Å². The molecule has 2 aromatic carbocycles. The molecule has 118 valence electrons. The van der Waals surface area contributed by atoms with Crippen molar-refractivity contribution in [2.75, 3.05) is 12.4 Å². The number of rotatable bonds is 5. The Kier molecular flexibility index (Phi) is 5.45. The lowest BCUT2D eigenvalue weighted by Crippen LogP contribution is -3.12. The highest BCUT2D eigenvalue weighted by Crippen LogP contribution is 2.13. The second kappa shape index (κ2) is 7.52. The Morgan fingerprint density at radius 1 is 1.26 bits per heavy atom. The zero-order chi connectivity index (χ0) is 16.8. The highest BCUT2D eigenvalue weighted by atomic mass is 19.1. The van der Waals surface area contributed by atoms with Crippen LogP contribution in [0.5, 0.6) is 0 Å². The van der Waals surface area contributed by atoms with Crippen molar-refractivity contribution in [3.05, 3.63) is 65.5 Å². The Bertz CT molecular complexity index is 739. The molecule has 2 aromatic rings. The molecular formula is C18H19FN3O+. The molecule has 2 atom stereocenters. The van der Waals surface area contributed by atoms with Crippen LogP contribution in [0.4, 0.5) is 10.1 Å². The number of nitriles is 1. The van der Waals surface area contributed by atoms with E-state index in [4.69, 9.17) is 5.26 Å². The predicted molar refractivity (Wildman–Crippen MR) is 86.2 cm³/mol. The molecule has 0 heterocycles. The van der Waals surface area contributed by atoms with E-state index in [1.54, 1.807) is 49.4 Å². The molecule has 0 spiro atoms. The lowest BCUT2D eigenvalue weighted by Gasteiger charge is -2.21. The second-order valence-electron chi connectivity index (χ2n) is 5.48. The minimum atomic E-state index is -0.388. The number of benzene rings is 2. The van der Waals surface area contributed by atoms with Crippen LogP contribution in [0.15, 0.2) is 48.5 Å². The van der Waals surface area contributed by atoms with Crippen LogP contribution in [0.25, 0.3) is 0 Å². The summed E-state index contributed by atoms with van der Waals surface area (Å²) in [4.78, 5) is 13.2. The number of quaternary nitrogens is 1. The van der Waals surface area contributed by atoms with E-state index < -0.39 is 0 Å². The number of para-hydroxylation sites is 1. The molecule has 4 nitrogen and oxygen atoms in total. The number of amides is 1. The topological polar surface area (TPSA) is 57.3 Å². The summed E-state index contributed by atoms with van der Waals surface area (Å²) >= 11 is 0. The molecule has 2 N–H and O–H groups in total. The third-order valence-electron chi connectivity index (χ3n) is 3.86. The lowest BCUT2D eigenvalue weighted by molar-refractivity contribution is -0.908. The average Bonchev–Trinajstić information content (AvgIpc) is 2.56. The largest absolute Gasteiger partial charge is 0.324 e. The fourth-order valence-electron chi connectivity index (χ4n) is 2.25. The first-order chi connectivity index (χ1) is 11.0. The number of likely N-dealkylation sites (N-methyl/N-ethyl adjacent to an activating group) is 1. The van der Waals surface area contributed by atoms with E-state index in [9.17, 15) is 9.18 Å². The molecule has 0 fully saturated rings. The van der Waals surface area contributed by atoms with Gasteiger partial charge in [-0.1, -0.05) is 30.3 Å². The molecule has 1 unspecified atom stereocenters. The summed E-state index contributed by atoms with van der Waals surface area (Å²) < 4.78 is 13.7. The van der Waals surface area contributed by atoms with Crippen LogP contribution in [0.1, 0.15) is 18.1 Å². The van der Waals surface area contributed by atoms with Crippen molar-refractivity contribution < 1.29 is 14.1 Å². The third kappa shape index (κ3) is 4.15. The Hall–Kier alpha value is -2.71. The van der Waals surface area contributed by atoms with Crippen molar-refractivity contribution in [2.45, 2.75) is 19.5 Å². The molecule has 0 aliphatic carbocycles. The van der Waals surface area contributed by atoms with Crippen LogP contribution in [0, 0.1) is 17.1 Å². The SMILES string of the molecule is C[C@@H](C(=O)Nc1ccccc1C#N)[NH+](C)Cc1ccccc1F. The summed E-state index contributed by atoms with van der Waals surface area (Å²) in [5.74, 6) is -0.476. The van der Waals surface area contributed by atoms with E-state index in [2.05, 4.69) is 5.32 Å². The molecule has 0 aliphatic rings. The summed E-state index contributed by atoms with van der Waals surface area (Å²) in [6.45, 7) is 2.18. The van der Waals surface area contributed by atoms with E-state index >= 15 is 0 Å². The van der Waals surface area contributed by atoms with Crippen LogP contribution >= 0.6 is 0 Å². The molecular weight excluding hydrogens is 293 g/mol. The number of carbonyl (C=O) groups is 1. The number of hydrogen-bond donors (Lipinski definition) is 2. The van der Waals surface area contributed by atoms with Crippen molar-refractivity contribution in [1.29, 1.82) is 5.26 Å². The quantitative estimate of drug-likeness (QED) is 0.883. The zero-order valence-electron chi connectivity index (χ0n) is 13.1. The molecule has 0 radical (unpaired) electrons. The Labute approximate surface area is 135 Å². The zero-order valence-corrected chi connectivity index (χ0v) is 13.1. The Balaban J connectivity index is 2.04. The summed E-state index contributed by atoms with van der Waals surface area (Å²) in [5.41, 5.74) is 1.48. The van der Waals surface area contributed by atoms with Crippen molar-refractivity contribution >= 4 is 11.6 Å². The molecule has 0 saturated heterocycles. The smallest absolute Gasteiger partial charge is 0.282 e. The van der Waals surface area contributed by atoms with Gasteiger partial charge in [-0.05, 0) is 25.1 Å². The van der Waals surface area contributed by atoms with E-state index in [1.165, 1.54) is 6.07 Å². The van der Waals surface area contributed by atoms with Crippen molar-refractivity contribution in [2.24, 2.45) is 0 Å². The molecule has 2 rings (SSSR count). The van der Waals surface area contributed by atoms with Gasteiger partial charge in [0.15, 0.2) is 6.04 Å². The number of nitrogens with zero attached hydrogens (tertiary/aromatic N) is 1. The van der Waals surface area contributed by atoms with Crippen LogP contribution < -0.4 is 10.2 Å². The molecule has 0 aliphatic heterocycles. The Morgan fingerprint density at radius 3 is 2.61 bits per heavy atom. The van der Waals surface area contributed by atoms with Crippen molar-refractivity contribution in [3.8, 4) is 6.07 Å². The summed E-state index contributed by atoms with van der Waals surface area (Å²) in [7, 11) is 1.84. The Morgan fingerprint density at radius 2 is 1.91 bits per heavy atom. The van der Waals surface area contributed by atoms with Gasteiger partial charge < -0.3 is 10.2 Å². The number of hydrogen-bond acceptors (Lipinski definition) is 2. The number of nitrogens with one attached hydrogen (secondary N) is 2. The first-order valence-electron chi connectivity index (χ1n) is 7.38. The first kappa shape index (κ1) is 16.7. The fraction of sp³-hybridized carbons (Fsp3) is 0.222. The summed E-state index contributed by atoms with van der Waals surface area (Å²) in [5, 5.41) is 11.8. The standard InChI is InChI=1S/C18H18FN3O/c1-13(22(2)12-15-8-3-5-9-16(15)19)18(23)21-17-10-6-4-7-14(17)11-20/h3-10,13H,12H2,1-2H3,(H,21,23)/p+1/t13-/m0/s1. The molecule has 1 amide bonds. The third-order valence-corrected chi connectivity index (χ3v) is 3.86.